The zero-order chi connectivity index (χ0) is 10.6. The van der Waals surface area contributed by atoms with Crippen molar-refractivity contribution < 1.29 is 0 Å². The molecule has 0 atom stereocenters. The number of hydrogen-bond donors (Lipinski definition) is 2. The van der Waals surface area contributed by atoms with Crippen LogP contribution in [0.25, 0.3) is 0 Å². The van der Waals surface area contributed by atoms with Crippen LogP contribution in [0.5, 0.6) is 0 Å². The average molecular weight is 209 g/mol. The van der Waals surface area contributed by atoms with Crippen LogP contribution in [0.4, 0.5) is 11.4 Å². The number of thiocarbonyl (C=S) groups is 1. The minimum Gasteiger partial charge on any atom is -0.376 e. The molecular weight excluding hydrogens is 194 g/mol. The lowest BCUT2D eigenvalue weighted by Crippen LogP contribution is -2.25. The Morgan fingerprint density at radius 2 is 1.93 bits per heavy atom. The summed E-state index contributed by atoms with van der Waals surface area (Å²) in [6.45, 7) is 0. The van der Waals surface area contributed by atoms with E-state index in [1.54, 1.807) is 7.05 Å². The fourth-order valence-electron chi connectivity index (χ4n) is 1.15. The van der Waals surface area contributed by atoms with Gasteiger partial charge in [0.2, 0.25) is 0 Å². The van der Waals surface area contributed by atoms with E-state index in [1.807, 2.05) is 43.3 Å². The van der Waals surface area contributed by atoms with Crippen LogP contribution in [-0.4, -0.2) is 26.3 Å². The molecule has 4 heteroatoms. The Bertz CT molecular complexity index is 323. The van der Waals surface area contributed by atoms with E-state index in [1.165, 1.54) is 0 Å². The molecule has 0 aliphatic carbocycles. The maximum absolute atomic E-state index is 5.04. The predicted molar refractivity (Wildman–Crippen MR) is 66.0 cm³/mol. The number of benzene rings is 1. The van der Waals surface area contributed by atoms with Crippen molar-refractivity contribution in [1.82, 2.24) is 5.32 Å². The second-order valence-electron chi connectivity index (χ2n) is 3.12. The molecule has 0 aromatic heterocycles. The van der Waals surface area contributed by atoms with E-state index in [2.05, 4.69) is 10.6 Å². The van der Waals surface area contributed by atoms with E-state index in [-0.39, 0.29) is 0 Å². The van der Waals surface area contributed by atoms with E-state index in [0.717, 1.165) is 11.4 Å². The Morgan fingerprint density at radius 3 is 2.50 bits per heavy atom. The second-order valence-corrected chi connectivity index (χ2v) is 3.52. The van der Waals surface area contributed by atoms with Gasteiger partial charge in [0.1, 0.15) is 0 Å². The SMILES string of the molecule is CNC(=S)Nc1ccccc1N(C)C. The Morgan fingerprint density at radius 1 is 1.29 bits per heavy atom. The van der Waals surface area contributed by atoms with Crippen molar-refractivity contribution in [3.63, 3.8) is 0 Å². The standard InChI is InChI=1S/C10H15N3S/c1-11-10(14)12-8-6-4-5-7-9(8)13(2)3/h4-7H,1-3H3,(H2,11,12,14). The van der Waals surface area contributed by atoms with E-state index >= 15 is 0 Å². The summed E-state index contributed by atoms with van der Waals surface area (Å²) in [6.07, 6.45) is 0. The molecule has 0 radical (unpaired) electrons. The molecule has 0 saturated carbocycles. The number of nitrogens with zero attached hydrogens (tertiary/aromatic N) is 1. The first-order valence-electron chi connectivity index (χ1n) is 4.40. The lowest BCUT2D eigenvalue weighted by molar-refractivity contribution is 1.13. The highest BCUT2D eigenvalue weighted by Crippen LogP contribution is 2.22. The molecule has 0 spiro atoms. The number of nitrogens with one attached hydrogen (secondary N) is 2. The Kier molecular flexibility index (Phi) is 3.71. The van der Waals surface area contributed by atoms with Crippen LogP contribution in [0, 0.1) is 0 Å². The largest absolute Gasteiger partial charge is 0.376 e. The highest BCUT2D eigenvalue weighted by molar-refractivity contribution is 7.80. The van der Waals surface area contributed by atoms with E-state index in [9.17, 15) is 0 Å². The van der Waals surface area contributed by atoms with Gasteiger partial charge in [-0.15, -0.1) is 0 Å². The lowest BCUT2D eigenvalue weighted by atomic mass is 10.2. The van der Waals surface area contributed by atoms with Gasteiger partial charge in [0, 0.05) is 21.1 Å². The van der Waals surface area contributed by atoms with Gasteiger partial charge < -0.3 is 15.5 Å². The van der Waals surface area contributed by atoms with Crippen LogP contribution in [0.15, 0.2) is 24.3 Å². The third-order valence-electron chi connectivity index (χ3n) is 1.86. The van der Waals surface area contributed by atoms with Gasteiger partial charge in [-0.1, -0.05) is 12.1 Å². The number of rotatable bonds is 2. The molecule has 0 fully saturated rings. The topological polar surface area (TPSA) is 27.3 Å². The third kappa shape index (κ3) is 2.60. The van der Waals surface area contributed by atoms with E-state index in [4.69, 9.17) is 12.2 Å². The Labute approximate surface area is 90.1 Å². The van der Waals surface area contributed by atoms with Crippen molar-refractivity contribution in [3.8, 4) is 0 Å². The summed E-state index contributed by atoms with van der Waals surface area (Å²) in [5.41, 5.74) is 2.13. The van der Waals surface area contributed by atoms with Gasteiger partial charge in [0.05, 0.1) is 11.4 Å². The molecule has 0 amide bonds. The van der Waals surface area contributed by atoms with Crippen molar-refractivity contribution in [2.45, 2.75) is 0 Å². The maximum atomic E-state index is 5.04. The fraction of sp³-hybridized carbons (Fsp3) is 0.300. The molecule has 2 N–H and O–H groups in total. The quantitative estimate of drug-likeness (QED) is 0.725. The molecule has 0 saturated heterocycles. The average Bonchev–Trinajstić information content (AvgIpc) is 2.18. The van der Waals surface area contributed by atoms with Crippen LogP contribution in [0.3, 0.4) is 0 Å². The van der Waals surface area contributed by atoms with Gasteiger partial charge >= 0.3 is 0 Å². The van der Waals surface area contributed by atoms with Gasteiger partial charge in [-0.2, -0.15) is 0 Å². The maximum Gasteiger partial charge on any atom is 0.170 e. The summed E-state index contributed by atoms with van der Waals surface area (Å²) in [4.78, 5) is 2.04. The smallest absolute Gasteiger partial charge is 0.170 e. The van der Waals surface area contributed by atoms with Crippen LogP contribution in [0.2, 0.25) is 0 Å². The first-order valence-corrected chi connectivity index (χ1v) is 4.81. The van der Waals surface area contributed by atoms with Crippen molar-refractivity contribution in [2.75, 3.05) is 31.4 Å². The minimum absolute atomic E-state index is 0.624. The summed E-state index contributed by atoms with van der Waals surface area (Å²) in [7, 11) is 5.81. The zero-order valence-electron chi connectivity index (χ0n) is 8.66. The second kappa shape index (κ2) is 4.81. The summed E-state index contributed by atoms with van der Waals surface area (Å²) in [5.74, 6) is 0. The van der Waals surface area contributed by atoms with Crippen LogP contribution in [0.1, 0.15) is 0 Å². The number of para-hydroxylation sites is 2. The normalized spacial score (nSPS) is 9.36. The summed E-state index contributed by atoms with van der Waals surface area (Å²) >= 11 is 5.04. The highest BCUT2D eigenvalue weighted by atomic mass is 32.1. The summed E-state index contributed by atoms with van der Waals surface area (Å²) in [6, 6.07) is 8.02. The zero-order valence-corrected chi connectivity index (χ0v) is 9.48. The van der Waals surface area contributed by atoms with Crippen molar-refractivity contribution in [1.29, 1.82) is 0 Å². The Hall–Kier alpha value is -1.29. The Balaban J connectivity index is 2.90. The van der Waals surface area contributed by atoms with Gasteiger partial charge in [0.25, 0.3) is 0 Å². The van der Waals surface area contributed by atoms with Gasteiger partial charge in [-0.25, -0.2) is 0 Å². The molecular formula is C10H15N3S. The highest BCUT2D eigenvalue weighted by Gasteiger charge is 2.03. The van der Waals surface area contributed by atoms with Gasteiger partial charge in [0.15, 0.2) is 5.11 Å². The lowest BCUT2D eigenvalue weighted by Gasteiger charge is -2.18. The first-order chi connectivity index (χ1) is 6.65. The molecule has 0 aliphatic rings. The fourth-order valence-corrected chi connectivity index (χ4v) is 1.26. The molecule has 3 nitrogen and oxygen atoms in total. The molecule has 0 heterocycles. The molecule has 1 rings (SSSR count). The van der Waals surface area contributed by atoms with E-state index < -0.39 is 0 Å². The number of anilines is 2. The molecule has 0 unspecified atom stereocenters. The summed E-state index contributed by atoms with van der Waals surface area (Å²) in [5, 5.41) is 6.63. The van der Waals surface area contributed by atoms with Crippen LogP contribution >= 0.6 is 12.2 Å². The summed E-state index contributed by atoms with van der Waals surface area (Å²) < 4.78 is 0. The van der Waals surface area contributed by atoms with Crippen molar-refractivity contribution in [2.24, 2.45) is 0 Å². The monoisotopic (exact) mass is 209 g/mol. The van der Waals surface area contributed by atoms with Crippen molar-refractivity contribution in [3.05, 3.63) is 24.3 Å². The predicted octanol–water partition coefficient (Wildman–Crippen LogP) is 1.67. The van der Waals surface area contributed by atoms with Gasteiger partial charge in [-0.05, 0) is 24.4 Å². The third-order valence-corrected chi connectivity index (χ3v) is 2.17. The molecule has 0 aliphatic heterocycles. The molecule has 14 heavy (non-hydrogen) atoms. The minimum atomic E-state index is 0.624. The van der Waals surface area contributed by atoms with Gasteiger partial charge in [-0.3, -0.25) is 0 Å². The number of hydrogen-bond acceptors (Lipinski definition) is 2. The van der Waals surface area contributed by atoms with Crippen LogP contribution < -0.4 is 15.5 Å². The molecule has 76 valence electrons. The molecule has 1 aromatic rings. The molecule has 0 bridgehead atoms. The van der Waals surface area contributed by atoms with Crippen LogP contribution in [-0.2, 0) is 0 Å². The van der Waals surface area contributed by atoms with Crippen molar-refractivity contribution >= 4 is 28.7 Å². The first kappa shape index (κ1) is 10.8. The van der Waals surface area contributed by atoms with E-state index in [0.29, 0.717) is 5.11 Å². The molecule has 1 aromatic carbocycles.